The topological polar surface area (TPSA) is 94.0 Å². The number of oxazole rings is 1. The Morgan fingerprint density at radius 3 is 2.39 bits per heavy atom. The normalized spacial score (nSPS) is 10.8. The maximum absolute atomic E-state index is 5.86. The third-order valence-corrected chi connectivity index (χ3v) is 5.17. The lowest BCUT2D eigenvalue weighted by atomic mass is 9.98. The Morgan fingerprint density at radius 2 is 1.64 bits per heavy atom. The molecule has 3 heterocycles. The quantitative estimate of drug-likeness (QED) is 0.365. The zero-order valence-corrected chi connectivity index (χ0v) is 18.1. The minimum atomic E-state index is 0.294. The van der Waals surface area contributed by atoms with Gasteiger partial charge in [0.05, 0.1) is 24.3 Å². The van der Waals surface area contributed by atoms with Gasteiger partial charge >= 0.3 is 0 Å². The fraction of sp³-hybridized carbons (Fsp3) is 0.0800. The molecule has 3 aromatic heterocycles. The van der Waals surface area contributed by atoms with Crippen LogP contribution in [0.4, 0.5) is 0 Å². The van der Waals surface area contributed by atoms with Crippen LogP contribution in [0.5, 0.6) is 0 Å². The van der Waals surface area contributed by atoms with Crippen molar-refractivity contribution in [2.24, 2.45) is 0 Å². The summed E-state index contributed by atoms with van der Waals surface area (Å²) in [6.45, 7) is 4.15. The van der Waals surface area contributed by atoms with E-state index in [-0.39, 0.29) is 0 Å². The molecule has 33 heavy (non-hydrogen) atoms. The van der Waals surface area contributed by atoms with Crippen LogP contribution in [0.3, 0.4) is 0 Å². The lowest BCUT2D eigenvalue weighted by Gasteiger charge is -2.17. The average Bonchev–Trinajstić information content (AvgIpc) is 3.57. The summed E-state index contributed by atoms with van der Waals surface area (Å²) < 4.78 is 11.5. The van der Waals surface area contributed by atoms with Crippen molar-refractivity contribution in [1.82, 2.24) is 30.0 Å². The van der Waals surface area contributed by atoms with Gasteiger partial charge in [0, 0.05) is 36.5 Å². The van der Waals surface area contributed by atoms with Gasteiger partial charge in [0.15, 0.2) is 12.2 Å². The van der Waals surface area contributed by atoms with Crippen molar-refractivity contribution in [3.8, 4) is 45.6 Å². The van der Waals surface area contributed by atoms with E-state index in [0.29, 0.717) is 28.9 Å². The summed E-state index contributed by atoms with van der Waals surface area (Å²) in [5, 5.41) is 8.31. The largest absolute Gasteiger partial charge is 0.443 e. The Bertz CT molecular complexity index is 1410. The predicted molar refractivity (Wildman–Crippen MR) is 124 cm³/mol. The van der Waals surface area contributed by atoms with E-state index in [1.54, 1.807) is 18.6 Å². The molecule has 5 aromatic rings. The molecule has 0 radical (unpaired) electrons. The molecule has 0 saturated carbocycles. The van der Waals surface area contributed by atoms with Crippen molar-refractivity contribution in [1.29, 1.82) is 0 Å². The first-order chi connectivity index (χ1) is 16.1. The second-order valence-electron chi connectivity index (χ2n) is 7.54. The highest BCUT2D eigenvalue weighted by atomic mass is 16.4. The van der Waals surface area contributed by atoms with Gasteiger partial charge in [0.2, 0.25) is 5.89 Å². The first kappa shape index (κ1) is 20.3. The Kier molecular flexibility index (Phi) is 5.24. The number of hydrogen-bond donors (Lipinski definition) is 0. The van der Waals surface area contributed by atoms with Gasteiger partial charge < -0.3 is 13.7 Å². The SMILES string of the molecule is C=C(c1ccc(-c2cncc(-c3nnc(-c4ccccc4)o3)n2)c(-c2cnco2)c1)N(C)C. The number of rotatable bonds is 6. The number of benzene rings is 2. The van der Waals surface area contributed by atoms with E-state index in [4.69, 9.17) is 13.8 Å². The first-order valence-electron chi connectivity index (χ1n) is 10.2. The van der Waals surface area contributed by atoms with Gasteiger partial charge in [-0.1, -0.05) is 36.9 Å². The minimum absolute atomic E-state index is 0.294. The molecule has 0 aliphatic carbocycles. The fourth-order valence-electron chi connectivity index (χ4n) is 3.38. The summed E-state index contributed by atoms with van der Waals surface area (Å²) in [6, 6.07) is 15.6. The third-order valence-electron chi connectivity index (χ3n) is 5.17. The molecular weight excluding hydrogens is 416 g/mol. The molecule has 162 valence electrons. The van der Waals surface area contributed by atoms with Crippen LogP contribution >= 0.6 is 0 Å². The minimum Gasteiger partial charge on any atom is -0.443 e. The van der Waals surface area contributed by atoms with E-state index in [1.165, 1.54) is 6.39 Å². The summed E-state index contributed by atoms with van der Waals surface area (Å²) in [6.07, 6.45) is 6.36. The van der Waals surface area contributed by atoms with Gasteiger partial charge in [-0.05, 0) is 23.8 Å². The second kappa shape index (κ2) is 8.51. The molecule has 8 heteroatoms. The predicted octanol–water partition coefficient (Wildman–Crippen LogP) is 5.05. The van der Waals surface area contributed by atoms with E-state index < -0.39 is 0 Å². The van der Waals surface area contributed by atoms with Crippen LogP contribution in [0.1, 0.15) is 5.56 Å². The standard InChI is InChI=1S/C25H20N6O2/c1-16(31(2)3)18-9-10-19(20(11-18)23-14-27-15-32-23)21-12-26-13-22(28-21)25-30-29-24(33-25)17-7-5-4-6-8-17/h4-15H,1H2,2-3H3. The fourth-order valence-corrected chi connectivity index (χ4v) is 3.38. The molecule has 8 nitrogen and oxygen atoms in total. The van der Waals surface area contributed by atoms with Gasteiger partial charge in [-0.15, -0.1) is 10.2 Å². The number of nitrogens with zero attached hydrogens (tertiary/aromatic N) is 6. The highest BCUT2D eigenvalue weighted by Crippen LogP contribution is 2.34. The van der Waals surface area contributed by atoms with Crippen LogP contribution in [0.2, 0.25) is 0 Å². The van der Waals surface area contributed by atoms with Crippen molar-refractivity contribution in [2.75, 3.05) is 14.1 Å². The van der Waals surface area contributed by atoms with Gasteiger partial charge in [-0.2, -0.15) is 0 Å². The first-order valence-corrected chi connectivity index (χ1v) is 10.2. The average molecular weight is 436 g/mol. The summed E-state index contributed by atoms with van der Waals surface area (Å²) >= 11 is 0. The molecule has 0 unspecified atom stereocenters. The lowest BCUT2D eigenvalue weighted by Crippen LogP contribution is -2.08. The van der Waals surface area contributed by atoms with Crippen molar-refractivity contribution >= 4 is 5.70 Å². The molecule has 0 saturated heterocycles. The molecule has 0 aliphatic rings. The van der Waals surface area contributed by atoms with Crippen molar-refractivity contribution in [2.45, 2.75) is 0 Å². The third kappa shape index (κ3) is 4.01. The molecule has 0 N–H and O–H groups in total. The lowest BCUT2D eigenvalue weighted by molar-refractivity contribution is 0.572. The monoisotopic (exact) mass is 436 g/mol. The highest BCUT2D eigenvalue weighted by molar-refractivity contribution is 5.82. The Hall–Kier alpha value is -4.59. The molecule has 0 fully saturated rings. The van der Waals surface area contributed by atoms with Crippen LogP contribution in [0.15, 0.2) is 88.9 Å². The molecule has 2 aromatic carbocycles. The summed E-state index contributed by atoms with van der Waals surface area (Å²) in [4.78, 5) is 15.1. The van der Waals surface area contributed by atoms with E-state index in [1.807, 2.05) is 67.5 Å². The van der Waals surface area contributed by atoms with Crippen molar-refractivity contribution in [3.05, 3.63) is 85.7 Å². The van der Waals surface area contributed by atoms with Crippen LogP contribution in [-0.2, 0) is 0 Å². The summed E-state index contributed by atoms with van der Waals surface area (Å²) in [5.41, 5.74) is 5.46. The van der Waals surface area contributed by atoms with E-state index in [9.17, 15) is 0 Å². The number of hydrogen-bond acceptors (Lipinski definition) is 8. The van der Waals surface area contributed by atoms with Gasteiger partial charge in [-0.3, -0.25) is 4.98 Å². The molecular formula is C25H20N6O2. The molecule has 0 bridgehead atoms. The molecule has 0 spiro atoms. The molecule has 5 rings (SSSR count). The van der Waals surface area contributed by atoms with Crippen molar-refractivity contribution in [3.63, 3.8) is 0 Å². The summed E-state index contributed by atoms with van der Waals surface area (Å²) in [7, 11) is 3.90. The van der Waals surface area contributed by atoms with Crippen LogP contribution in [0, 0.1) is 0 Å². The Balaban J connectivity index is 1.56. The zero-order valence-electron chi connectivity index (χ0n) is 18.1. The Morgan fingerprint density at radius 1 is 0.848 bits per heavy atom. The van der Waals surface area contributed by atoms with Gasteiger partial charge in [0.25, 0.3) is 5.89 Å². The van der Waals surface area contributed by atoms with Crippen LogP contribution in [0.25, 0.3) is 51.3 Å². The van der Waals surface area contributed by atoms with Crippen LogP contribution in [-0.4, -0.2) is 44.1 Å². The van der Waals surface area contributed by atoms with E-state index in [2.05, 4.69) is 26.7 Å². The maximum Gasteiger partial charge on any atom is 0.268 e. The maximum atomic E-state index is 5.86. The Labute approximate surface area is 190 Å². The van der Waals surface area contributed by atoms with Gasteiger partial charge in [-0.25, -0.2) is 9.97 Å². The summed E-state index contributed by atoms with van der Waals surface area (Å²) in [5.74, 6) is 1.34. The molecule has 0 amide bonds. The molecule has 0 atom stereocenters. The zero-order chi connectivity index (χ0) is 22.8. The van der Waals surface area contributed by atoms with E-state index in [0.717, 1.165) is 28.0 Å². The van der Waals surface area contributed by atoms with Gasteiger partial charge in [0.1, 0.15) is 5.69 Å². The highest BCUT2D eigenvalue weighted by Gasteiger charge is 2.17. The van der Waals surface area contributed by atoms with E-state index >= 15 is 0 Å². The smallest absolute Gasteiger partial charge is 0.268 e. The number of aromatic nitrogens is 5. The second-order valence-corrected chi connectivity index (χ2v) is 7.54. The molecule has 0 aliphatic heterocycles. The van der Waals surface area contributed by atoms with Crippen molar-refractivity contribution < 1.29 is 8.83 Å². The van der Waals surface area contributed by atoms with Crippen LogP contribution < -0.4 is 0 Å².